The second kappa shape index (κ2) is 11.5. The summed E-state index contributed by atoms with van der Waals surface area (Å²) in [4.78, 5) is 11.1. The van der Waals surface area contributed by atoms with Crippen LogP contribution in [0.25, 0.3) is 130 Å². The normalized spacial score (nSPS) is 12.4. The maximum Gasteiger partial charge on any atom is 0.235 e. The molecule has 0 amide bonds. The Balaban J connectivity index is 1.14. The molecule has 0 fully saturated rings. The van der Waals surface area contributed by atoms with Crippen LogP contribution in [0.3, 0.4) is 0 Å². The van der Waals surface area contributed by atoms with Gasteiger partial charge in [-0.2, -0.15) is 0 Å². The minimum atomic E-state index is 0.661. The topological polar surface area (TPSA) is 35.1 Å². The zero-order valence-corrected chi connectivity index (χ0v) is 32.3. The summed E-state index contributed by atoms with van der Waals surface area (Å²) in [6.45, 7) is 0. The van der Waals surface area contributed by atoms with Crippen molar-refractivity contribution in [3.63, 3.8) is 0 Å². The van der Waals surface area contributed by atoms with E-state index in [4.69, 9.17) is 9.97 Å². The number of aromatic nitrogens is 4. The summed E-state index contributed by atoms with van der Waals surface area (Å²) in [5, 5.41) is 13.4. The van der Waals surface area contributed by atoms with Gasteiger partial charge in [-0.15, -0.1) is 11.3 Å². The molecule has 0 aliphatic carbocycles. The Hall–Kier alpha value is -7.60. The van der Waals surface area contributed by atoms with Gasteiger partial charge in [0.05, 0.1) is 43.5 Å². The number of benzene rings is 9. The molecule has 0 aliphatic heterocycles. The summed E-state index contributed by atoms with van der Waals surface area (Å²) in [7, 11) is 0. The molecule has 14 rings (SSSR count). The Morgan fingerprint density at radius 2 is 0.983 bits per heavy atom. The van der Waals surface area contributed by atoms with Crippen molar-refractivity contribution < 1.29 is 0 Å². The lowest BCUT2D eigenvalue weighted by Gasteiger charge is -2.14. The molecular weight excluding hydrogens is 737 g/mol. The van der Waals surface area contributed by atoms with E-state index in [1.807, 2.05) is 11.3 Å². The van der Waals surface area contributed by atoms with E-state index in [1.165, 1.54) is 80.2 Å². The predicted molar refractivity (Wildman–Crippen MR) is 250 cm³/mol. The molecule has 59 heavy (non-hydrogen) atoms. The zero-order chi connectivity index (χ0) is 38.3. The van der Waals surface area contributed by atoms with Crippen LogP contribution in [0.4, 0.5) is 0 Å². The van der Waals surface area contributed by atoms with Gasteiger partial charge in [-0.1, -0.05) is 152 Å². The van der Waals surface area contributed by atoms with Gasteiger partial charge in [-0.25, -0.2) is 9.97 Å². The highest BCUT2D eigenvalue weighted by atomic mass is 32.1. The Morgan fingerprint density at radius 3 is 1.86 bits per heavy atom. The number of fused-ring (bicyclic) bond motifs is 12. The van der Waals surface area contributed by atoms with Gasteiger partial charge in [0, 0.05) is 58.7 Å². The molecule has 0 aliphatic rings. The maximum absolute atomic E-state index is 5.56. The molecule has 14 aromatic rings. The van der Waals surface area contributed by atoms with Crippen molar-refractivity contribution in [1.82, 2.24) is 18.9 Å². The van der Waals surface area contributed by atoms with Crippen LogP contribution in [-0.2, 0) is 0 Å². The average Bonchev–Trinajstić information content (AvgIpc) is 3.94. The number of thiophene rings is 1. The highest BCUT2D eigenvalue weighted by Gasteiger charge is 2.25. The molecule has 0 atom stereocenters. The molecule has 5 heteroatoms. The fourth-order valence-corrected chi connectivity index (χ4v) is 11.4. The van der Waals surface area contributed by atoms with Gasteiger partial charge in [-0.05, 0) is 52.2 Å². The van der Waals surface area contributed by atoms with Crippen LogP contribution >= 0.6 is 11.3 Å². The summed E-state index contributed by atoms with van der Waals surface area (Å²) >= 11 is 1.90. The van der Waals surface area contributed by atoms with E-state index >= 15 is 0 Å². The fourth-order valence-electron chi connectivity index (χ4n) is 10.1. The van der Waals surface area contributed by atoms with Crippen molar-refractivity contribution >= 4 is 113 Å². The second-order valence-corrected chi connectivity index (χ2v) is 16.7. The average molecular weight is 767 g/mol. The highest BCUT2D eigenvalue weighted by molar-refractivity contribution is 7.26. The van der Waals surface area contributed by atoms with Crippen molar-refractivity contribution in [1.29, 1.82) is 0 Å². The standard InChI is InChI=1S/C54H30N4S/c1-2-11-31(12-3-1)32-23-25-34(26-24-32)49-42-28-27-33-13-4-5-14-35(33)50(42)56-54(55-49)57-43-19-9-16-37-38-17-8-18-39-40-29-30-41-36-15-6-7-22-46(36)59-53(41)52(40)58(51(38)39)45-21-10-20-44(57)48(45)47(37)43/h1-30H. The molecule has 5 heterocycles. The monoisotopic (exact) mass is 766 g/mol. The van der Waals surface area contributed by atoms with Gasteiger partial charge in [0.1, 0.15) is 0 Å². The molecule has 0 radical (unpaired) electrons. The first-order valence-corrected chi connectivity index (χ1v) is 20.9. The summed E-state index contributed by atoms with van der Waals surface area (Å²) in [5.41, 5.74) is 11.2. The molecule has 9 aromatic carbocycles. The fraction of sp³-hybridized carbons (Fsp3) is 0. The second-order valence-electron chi connectivity index (χ2n) is 15.7. The molecule has 0 saturated carbocycles. The van der Waals surface area contributed by atoms with Crippen LogP contribution < -0.4 is 0 Å². The van der Waals surface area contributed by atoms with Crippen LogP contribution in [0.1, 0.15) is 0 Å². The van der Waals surface area contributed by atoms with Gasteiger partial charge in [0.15, 0.2) is 0 Å². The SMILES string of the molecule is c1ccc(-c2ccc(-c3nc(-n4c5cccc6c7cccc8c9ccc%10c%11ccccc%11sc%10c9n(c9cccc4c9c65)c78)nc4c3ccc3ccccc34)cc2)cc1. The van der Waals surface area contributed by atoms with E-state index in [2.05, 4.69) is 191 Å². The van der Waals surface area contributed by atoms with E-state index in [1.54, 1.807) is 0 Å². The molecule has 4 nitrogen and oxygen atoms in total. The number of hydrogen-bond acceptors (Lipinski definition) is 3. The Bertz CT molecular complexity index is 4060. The summed E-state index contributed by atoms with van der Waals surface area (Å²) in [6.07, 6.45) is 0. The number of para-hydroxylation sites is 1. The largest absolute Gasteiger partial charge is 0.306 e. The van der Waals surface area contributed by atoms with E-state index < -0.39 is 0 Å². The summed E-state index contributed by atoms with van der Waals surface area (Å²) in [6, 6.07) is 66.2. The molecule has 0 saturated heterocycles. The summed E-state index contributed by atoms with van der Waals surface area (Å²) in [5.74, 6) is 0.661. The quantitative estimate of drug-likeness (QED) is 0.168. The van der Waals surface area contributed by atoms with Crippen molar-refractivity contribution in [2.24, 2.45) is 0 Å². The van der Waals surface area contributed by atoms with Crippen molar-refractivity contribution in [2.75, 3.05) is 0 Å². The molecule has 0 bridgehead atoms. The minimum Gasteiger partial charge on any atom is -0.306 e. The lowest BCUT2D eigenvalue weighted by atomic mass is 9.99. The molecule has 0 N–H and O–H groups in total. The van der Waals surface area contributed by atoms with Gasteiger partial charge < -0.3 is 4.40 Å². The smallest absolute Gasteiger partial charge is 0.235 e. The van der Waals surface area contributed by atoms with Gasteiger partial charge in [0.25, 0.3) is 0 Å². The Morgan fingerprint density at radius 1 is 0.373 bits per heavy atom. The zero-order valence-electron chi connectivity index (χ0n) is 31.5. The van der Waals surface area contributed by atoms with Gasteiger partial charge >= 0.3 is 0 Å². The molecule has 0 unspecified atom stereocenters. The van der Waals surface area contributed by atoms with Gasteiger partial charge in [-0.3, -0.25) is 4.57 Å². The van der Waals surface area contributed by atoms with Crippen LogP contribution in [-0.4, -0.2) is 18.9 Å². The number of hydrogen-bond donors (Lipinski definition) is 0. The Kier molecular flexibility index (Phi) is 6.14. The number of nitrogens with zero attached hydrogens (tertiary/aromatic N) is 4. The first kappa shape index (κ1) is 31.5. The lowest BCUT2D eigenvalue weighted by molar-refractivity contribution is 1.02. The van der Waals surface area contributed by atoms with E-state index in [9.17, 15) is 0 Å². The molecule has 272 valence electrons. The first-order valence-electron chi connectivity index (χ1n) is 20.1. The third kappa shape index (κ3) is 4.16. The lowest BCUT2D eigenvalue weighted by Crippen LogP contribution is -2.04. The van der Waals surface area contributed by atoms with Crippen LogP contribution in [0.2, 0.25) is 0 Å². The van der Waals surface area contributed by atoms with Gasteiger partial charge in [0.2, 0.25) is 5.95 Å². The number of rotatable bonds is 3. The minimum absolute atomic E-state index is 0.661. The van der Waals surface area contributed by atoms with E-state index in [-0.39, 0.29) is 0 Å². The third-order valence-corrected chi connectivity index (χ3v) is 13.9. The van der Waals surface area contributed by atoms with Crippen molar-refractivity contribution in [3.8, 4) is 28.3 Å². The summed E-state index contributed by atoms with van der Waals surface area (Å²) < 4.78 is 7.51. The molecular formula is C54H30N4S. The highest BCUT2D eigenvalue weighted by Crippen LogP contribution is 2.47. The predicted octanol–water partition coefficient (Wildman–Crippen LogP) is 14.7. The van der Waals surface area contributed by atoms with Crippen LogP contribution in [0.5, 0.6) is 0 Å². The Labute approximate surface area is 340 Å². The molecule has 0 spiro atoms. The maximum atomic E-state index is 5.56. The van der Waals surface area contributed by atoms with Crippen LogP contribution in [0, 0.1) is 0 Å². The molecule has 5 aromatic heterocycles. The van der Waals surface area contributed by atoms with E-state index in [0.29, 0.717) is 5.95 Å². The third-order valence-electron chi connectivity index (χ3n) is 12.7. The van der Waals surface area contributed by atoms with Crippen molar-refractivity contribution in [3.05, 3.63) is 182 Å². The van der Waals surface area contributed by atoms with Crippen LogP contribution in [0.15, 0.2) is 182 Å². The first-order chi connectivity index (χ1) is 29.3. The van der Waals surface area contributed by atoms with Crippen molar-refractivity contribution in [2.45, 2.75) is 0 Å². The van der Waals surface area contributed by atoms with E-state index in [0.717, 1.165) is 44.0 Å².